The lowest BCUT2D eigenvalue weighted by molar-refractivity contribution is 0.412. The van der Waals surface area contributed by atoms with Crippen LogP contribution in [0.5, 0.6) is 0 Å². The van der Waals surface area contributed by atoms with Crippen molar-refractivity contribution in [1.82, 2.24) is 24.3 Å². The van der Waals surface area contributed by atoms with Gasteiger partial charge in [-0.2, -0.15) is 10.2 Å². The van der Waals surface area contributed by atoms with Crippen molar-refractivity contribution in [2.24, 2.45) is 7.05 Å². The molecule has 0 bridgehead atoms. The number of sulfonamides is 1. The van der Waals surface area contributed by atoms with Crippen molar-refractivity contribution < 1.29 is 8.42 Å². The van der Waals surface area contributed by atoms with Gasteiger partial charge in [-0.15, -0.1) is 0 Å². The Morgan fingerprint density at radius 3 is 2.59 bits per heavy atom. The number of nitrogens with one attached hydrogen (secondary N) is 1. The largest absolute Gasteiger partial charge is 0.272 e. The Kier molecular flexibility index (Phi) is 5.25. The number of aryl methyl sites for hydroxylation is 1. The van der Waals surface area contributed by atoms with Crippen molar-refractivity contribution in [2.45, 2.75) is 37.6 Å². The Labute approximate surface area is 135 Å². The van der Waals surface area contributed by atoms with Crippen molar-refractivity contribution in [3.63, 3.8) is 0 Å². The third-order valence-electron chi connectivity index (χ3n) is 3.66. The number of aromatic nitrogens is 4. The van der Waals surface area contributed by atoms with Gasteiger partial charge in [-0.1, -0.05) is 18.5 Å². The van der Waals surface area contributed by atoms with Gasteiger partial charge in [0.15, 0.2) is 0 Å². The van der Waals surface area contributed by atoms with Crippen LogP contribution in [0.2, 0.25) is 5.02 Å². The molecule has 0 aliphatic carbocycles. The molecule has 1 atom stereocenters. The molecule has 0 aliphatic rings. The topological polar surface area (TPSA) is 81.8 Å². The lowest BCUT2D eigenvalue weighted by Gasteiger charge is -2.15. The summed E-state index contributed by atoms with van der Waals surface area (Å²) < 4.78 is 30.5. The molecule has 2 aromatic rings. The minimum absolute atomic E-state index is 0.102. The van der Waals surface area contributed by atoms with Crippen LogP contribution >= 0.6 is 11.6 Å². The van der Waals surface area contributed by atoms with Gasteiger partial charge in [0.2, 0.25) is 10.0 Å². The maximum atomic E-state index is 12.3. The molecule has 0 saturated carbocycles. The first-order valence-corrected chi connectivity index (χ1v) is 8.89. The third kappa shape index (κ3) is 3.68. The van der Waals surface area contributed by atoms with E-state index in [1.165, 1.54) is 10.9 Å². The first-order valence-electron chi connectivity index (χ1n) is 7.03. The van der Waals surface area contributed by atoms with Crippen molar-refractivity contribution in [1.29, 1.82) is 0 Å². The van der Waals surface area contributed by atoms with Crippen LogP contribution in [0.25, 0.3) is 0 Å². The molecule has 0 radical (unpaired) electrons. The van der Waals surface area contributed by atoms with Crippen LogP contribution in [0.15, 0.2) is 23.5 Å². The highest BCUT2D eigenvalue weighted by Crippen LogP contribution is 2.18. The summed E-state index contributed by atoms with van der Waals surface area (Å²) in [5.41, 5.74) is 0.610. The van der Waals surface area contributed by atoms with E-state index in [4.69, 9.17) is 11.6 Å². The maximum Gasteiger partial charge on any atom is 0.243 e. The molecule has 0 aliphatic heterocycles. The fraction of sp³-hybridized carbons (Fsp3) is 0.538. The normalized spacial score (nSPS) is 13.5. The van der Waals surface area contributed by atoms with Crippen molar-refractivity contribution in [2.75, 3.05) is 6.54 Å². The SMILES string of the molecule is CC[C@@H](CCNS(=O)(=O)c1cnn(C)c1C)n1cc(Cl)cn1. The van der Waals surface area contributed by atoms with Gasteiger partial charge in [0.05, 0.1) is 29.2 Å². The summed E-state index contributed by atoms with van der Waals surface area (Å²) >= 11 is 5.86. The number of halogens is 1. The molecule has 0 aromatic carbocycles. The first-order chi connectivity index (χ1) is 10.3. The molecule has 0 spiro atoms. The van der Waals surface area contributed by atoms with Crippen LogP contribution in [0.4, 0.5) is 0 Å². The molecule has 2 rings (SSSR count). The first kappa shape index (κ1) is 17.0. The van der Waals surface area contributed by atoms with Crippen molar-refractivity contribution in [3.8, 4) is 0 Å². The highest BCUT2D eigenvalue weighted by Gasteiger charge is 2.20. The van der Waals surface area contributed by atoms with E-state index in [-0.39, 0.29) is 10.9 Å². The lowest BCUT2D eigenvalue weighted by Crippen LogP contribution is -2.27. The molecule has 0 fully saturated rings. The van der Waals surface area contributed by atoms with E-state index >= 15 is 0 Å². The molecule has 0 saturated heterocycles. The van der Waals surface area contributed by atoms with Gasteiger partial charge in [0.1, 0.15) is 4.90 Å². The summed E-state index contributed by atoms with van der Waals surface area (Å²) in [4.78, 5) is 0.213. The average molecular weight is 346 g/mol. The zero-order valence-corrected chi connectivity index (χ0v) is 14.4. The monoisotopic (exact) mass is 345 g/mol. The minimum atomic E-state index is -3.54. The number of nitrogens with zero attached hydrogens (tertiary/aromatic N) is 4. The quantitative estimate of drug-likeness (QED) is 0.830. The van der Waals surface area contributed by atoms with Gasteiger partial charge in [-0.25, -0.2) is 13.1 Å². The molecular weight excluding hydrogens is 326 g/mol. The van der Waals surface area contributed by atoms with Crippen LogP contribution in [-0.2, 0) is 17.1 Å². The van der Waals surface area contributed by atoms with E-state index in [0.29, 0.717) is 23.7 Å². The summed E-state index contributed by atoms with van der Waals surface area (Å²) in [7, 11) is -1.83. The zero-order chi connectivity index (χ0) is 16.3. The molecule has 0 unspecified atom stereocenters. The van der Waals surface area contributed by atoms with Gasteiger partial charge in [0.25, 0.3) is 0 Å². The highest BCUT2D eigenvalue weighted by molar-refractivity contribution is 7.89. The van der Waals surface area contributed by atoms with Gasteiger partial charge in [-0.05, 0) is 19.8 Å². The average Bonchev–Trinajstić information content (AvgIpc) is 3.03. The molecule has 2 aromatic heterocycles. The molecule has 9 heteroatoms. The molecule has 2 heterocycles. The van der Waals surface area contributed by atoms with Crippen molar-refractivity contribution in [3.05, 3.63) is 29.3 Å². The summed E-state index contributed by atoms with van der Waals surface area (Å²) in [5.74, 6) is 0. The van der Waals surface area contributed by atoms with Crippen LogP contribution in [-0.4, -0.2) is 34.5 Å². The molecule has 7 nitrogen and oxygen atoms in total. The second-order valence-electron chi connectivity index (χ2n) is 5.10. The van der Waals surface area contributed by atoms with Crippen LogP contribution < -0.4 is 4.72 Å². The fourth-order valence-corrected chi connectivity index (χ4v) is 3.61. The van der Waals surface area contributed by atoms with E-state index in [1.807, 2.05) is 6.92 Å². The fourth-order valence-electron chi connectivity index (χ4n) is 2.22. The van der Waals surface area contributed by atoms with E-state index in [9.17, 15) is 8.42 Å². The highest BCUT2D eigenvalue weighted by atomic mass is 35.5. The van der Waals surface area contributed by atoms with Crippen LogP contribution in [0.1, 0.15) is 31.5 Å². The second kappa shape index (κ2) is 6.80. The van der Waals surface area contributed by atoms with Crippen molar-refractivity contribution >= 4 is 21.6 Å². The summed E-state index contributed by atoms with van der Waals surface area (Å²) in [6.07, 6.45) is 6.16. The maximum absolute atomic E-state index is 12.3. The zero-order valence-electron chi connectivity index (χ0n) is 12.8. The molecule has 22 heavy (non-hydrogen) atoms. The molecule has 1 N–H and O–H groups in total. The lowest BCUT2D eigenvalue weighted by atomic mass is 10.1. The van der Waals surface area contributed by atoms with Gasteiger partial charge in [-0.3, -0.25) is 9.36 Å². The Bertz CT molecular complexity index is 737. The summed E-state index contributed by atoms with van der Waals surface area (Å²) in [5, 5.41) is 8.71. The predicted molar refractivity (Wildman–Crippen MR) is 84.3 cm³/mol. The van der Waals surface area contributed by atoms with E-state index in [1.54, 1.807) is 31.0 Å². The summed E-state index contributed by atoms with van der Waals surface area (Å²) in [6.45, 7) is 4.08. The Hall–Kier alpha value is -1.38. The number of hydrogen-bond donors (Lipinski definition) is 1. The van der Waals surface area contributed by atoms with Crippen LogP contribution in [0, 0.1) is 6.92 Å². The van der Waals surface area contributed by atoms with E-state index in [2.05, 4.69) is 14.9 Å². The Morgan fingerprint density at radius 2 is 2.09 bits per heavy atom. The van der Waals surface area contributed by atoms with E-state index < -0.39 is 10.0 Å². The van der Waals surface area contributed by atoms with Gasteiger partial charge in [0, 0.05) is 19.8 Å². The molecule has 122 valence electrons. The minimum Gasteiger partial charge on any atom is -0.272 e. The van der Waals surface area contributed by atoms with Gasteiger partial charge >= 0.3 is 0 Å². The summed E-state index contributed by atoms with van der Waals surface area (Å²) in [6, 6.07) is 0.102. The standard InChI is InChI=1S/C13H20ClN5O2S/c1-4-12(19-9-11(14)7-16-19)5-6-17-22(20,21)13-8-15-18(3)10(13)2/h7-9,12,17H,4-6H2,1-3H3/t12-/m0/s1. The molecule has 0 amide bonds. The predicted octanol–water partition coefficient (Wildman–Crippen LogP) is 1.90. The Morgan fingerprint density at radius 1 is 1.36 bits per heavy atom. The number of hydrogen-bond acceptors (Lipinski definition) is 4. The third-order valence-corrected chi connectivity index (χ3v) is 5.42. The van der Waals surface area contributed by atoms with Crippen LogP contribution in [0.3, 0.4) is 0 Å². The van der Waals surface area contributed by atoms with Gasteiger partial charge < -0.3 is 0 Å². The second-order valence-corrected chi connectivity index (χ2v) is 7.28. The number of rotatable bonds is 7. The van der Waals surface area contributed by atoms with E-state index in [0.717, 1.165) is 6.42 Å². The smallest absolute Gasteiger partial charge is 0.243 e. The molecular formula is C13H20ClN5O2S. The Balaban J connectivity index is 1.99.